The molecule has 2 aliphatic heterocycles. The van der Waals surface area contributed by atoms with Crippen LogP contribution in [0.15, 0.2) is 54.7 Å². The van der Waals surface area contributed by atoms with Crippen LogP contribution in [0.25, 0.3) is 33.6 Å². The monoisotopic (exact) mass is 723 g/mol. The van der Waals surface area contributed by atoms with Gasteiger partial charge in [0.25, 0.3) is 0 Å². The number of β-amino-alcohol motifs (C(OH)–C–C–N with tert-alkyl or cyclic N) is 1. The minimum atomic E-state index is -1.10. The lowest BCUT2D eigenvalue weighted by Crippen LogP contribution is -2.41. The quantitative estimate of drug-likeness (QED) is 0.161. The van der Waals surface area contributed by atoms with Crippen molar-refractivity contribution in [2.24, 2.45) is 0 Å². The number of nitrogens with one attached hydrogen (secondary N) is 1. The number of hydrogen-bond acceptors (Lipinski definition) is 7. The number of aliphatic hydroxyl groups excluding tert-OH is 1. The van der Waals surface area contributed by atoms with Crippen molar-refractivity contribution in [2.75, 3.05) is 26.7 Å². The Hall–Kier alpha value is -3.93. The molecule has 2 atom stereocenters. The largest absolute Gasteiger partial charge is 0.481 e. The first-order chi connectivity index (χ1) is 23.5. The van der Waals surface area contributed by atoms with Crippen LogP contribution in [0.3, 0.4) is 0 Å². The summed E-state index contributed by atoms with van der Waals surface area (Å²) in [6.45, 7) is 4.06. The Bertz CT molecular complexity index is 1910. The van der Waals surface area contributed by atoms with Gasteiger partial charge in [0.05, 0.1) is 41.2 Å². The third-order valence-corrected chi connectivity index (χ3v) is 10.0. The normalized spacial score (nSPS) is 16.6. The van der Waals surface area contributed by atoms with Crippen LogP contribution >= 0.6 is 34.8 Å². The Morgan fingerprint density at radius 1 is 1.10 bits per heavy atom. The fourth-order valence-corrected chi connectivity index (χ4v) is 7.49. The number of pyridine rings is 2. The van der Waals surface area contributed by atoms with Crippen LogP contribution in [0.2, 0.25) is 15.1 Å². The van der Waals surface area contributed by atoms with Gasteiger partial charge in [-0.15, -0.1) is 0 Å². The molecular formula is C36H36Cl3N5O5. The van der Waals surface area contributed by atoms with Gasteiger partial charge in [0.1, 0.15) is 0 Å². The second-order valence-electron chi connectivity index (χ2n) is 12.4. The minimum absolute atomic E-state index is 0.0359. The number of amides is 2. The molecule has 10 nitrogen and oxygen atoms in total. The van der Waals surface area contributed by atoms with E-state index in [2.05, 4.69) is 21.3 Å². The second kappa shape index (κ2) is 14.9. The van der Waals surface area contributed by atoms with E-state index in [0.717, 1.165) is 29.7 Å². The first kappa shape index (κ1) is 34.9. The lowest BCUT2D eigenvalue weighted by atomic mass is 9.94. The number of nitrogens with zero attached hydrogens (tertiary/aromatic N) is 4. The molecule has 0 spiro atoms. The lowest BCUT2D eigenvalue weighted by molar-refractivity contribution is -0.119. The van der Waals surface area contributed by atoms with Crippen molar-refractivity contribution in [3.63, 3.8) is 0 Å². The number of methoxy groups -OCH3 is 1. The zero-order valence-electron chi connectivity index (χ0n) is 27.0. The maximum absolute atomic E-state index is 12.0. The molecule has 0 radical (unpaired) electrons. The maximum Gasteiger partial charge on any atom is 0.407 e. The number of rotatable bonds is 10. The van der Waals surface area contributed by atoms with E-state index in [4.69, 9.17) is 44.5 Å². The molecular weight excluding hydrogens is 689 g/mol. The summed E-state index contributed by atoms with van der Waals surface area (Å²) in [6, 6.07) is 14.7. The van der Waals surface area contributed by atoms with Crippen LogP contribution in [0, 0.1) is 0 Å². The number of benzene rings is 2. The lowest BCUT2D eigenvalue weighted by Gasteiger charge is -2.30. The van der Waals surface area contributed by atoms with Gasteiger partial charge in [-0.05, 0) is 61.2 Å². The Balaban J connectivity index is 1.28. The van der Waals surface area contributed by atoms with E-state index < -0.39 is 12.2 Å². The number of aromatic nitrogens is 2. The first-order valence-electron chi connectivity index (χ1n) is 16.0. The highest BCUT2D eigenvalue weighted by Gasteiger charge is 2.27. The SMILES string of the molecule is COc1nc(-c2cccc(-c3ccnc(-c4cc(Cl)c5c(c4)CCN(CC(C)O)C5)c3Cl)c2Cl)ccc1CN(CC1CCC(=O)N1)C(=O)O. The van der Waals surface area contributed by atoms with Gasteiger partial charge in [0.15, 0.2) is 0 Å². The minimum Gasteiger partial charge on any atom is -0.481 e. The van der Waals surface area contributed by atoms with Crippen molar-refractivity contribution in [2.45, 2.75) is 51.4 Å². The van der Waals surface area contributed by atoms with Crippen molar-refractivity contribution >= 4 is 46.8 Å². The van der Waals surface area contributed by atoms with E-state index in [1.807, 2.05) is 30.3 Å². The van der Waals surface area contributed by atoms with Crippen LogP contribution in [0.5, 0.6) is 5.88 Å². The summed E-state index contributed by atoms with van der Waals surface area (Å²) in [4.78, 5) is 36.4. The van der Waals surface area contributed by atoms with Crippen molar-refractivity contribution < 1.29 is 24.5 Å². The summed E-state index contributed by atoms with van der Waals surface area (Å²) in [5, 5.41) is 24.0. The molecule has 0 bridgehead atoms. The third-order valence-electron chi connectivity index (χ3n) is 8.91. The predicted molar refractivity (Wildman–Crippen MR) is 190 cm³/mol. The number of fused-ring (bicyclic) bond motifs is 1. The van der Waals surface area contributed by atoms with E-state index in [9.17, 15) is 19.8 Å². The van der Waals surface area contributed by atoms with E-state index in [1.165, 1.54) is 12.0 Å². The molecule has 4 heterocycles. The number of carbonyl (C=O) groups excluding carboxylic acids is 1. The van der Waals surface area contributed by atoms with E-state index in [-0.39, 0.29) is 30.9 Å². The third kappa shape index (κ3) is 7.64. The molecule has 2 aliphatic rings. The van der Waals surface area contributed by atoms with Crippen LogP contribution in [-0.4, -0.2) is 80.9 Å². The topological polar surface area (TPSA) is 128 Å². The number of carbonyl (C=O) groups is 2. The van der Waals surface area contributed by atoms with Gasteiger partial charge in [0, 0.05) is 77.7 Å². The molecule has 13 heteroatoms. The Morgan fingerprint density at radius 2 is 1.88 bits per heavy atom. The Morgan fingerprint density at radius 3 is 2.59 bits per heavy atom. The zero-order chi connectivity index (χ0) is 34.8. The Labute approximate surface area is 299 Å². The van der Waals surface area contributed by atoms with Crippen LogP contribution in [0.1, 0.15) is 36.5 Å². The van der Waals surface area contributed by atoms with Crippen molar-refractivity contribution in [3.8, 4) is 39.5 Å². The van der Waals surface area contributed by atoms with Crippen LogP contribution < -0.4 is 10.1 Å². The molecule has 3 N–H and O–H groups in total. The van der Waals surface area contributed by atoms with Gasteiger partial charge < -0.3 is 25.2 Å². The van der Waals surface area contributed by atoms with Gasteiger partial charge >= 0.3 is 6.09 Å². The summed E-state index contributed by atoms with van der Waals surface area (Å²) in [6.07, 6.45) is 1.94. The first-order valence-corrected chi connectivity index (χ1v) is 17.1. The average molecular weight is 725 g/mol. The second-order valence-corrected chi connectivity index (χ2v) is 13.6. The highest BCUT2D eigenvalue weighted by Crippen LogP contribution is 2.43. The molecule has 0 aliphatic carbocycles. The molecule has 1 fully saturated rings. The summed E-state index contributed by atoms with van der Waals surface area (Å²) in [5.41, 5.74) is 6.70. The van der Waals surface area contributed by atoms with Crippen molar-refractivity contribution in [1.29, 1.82) is 0 Å². The molecule has 1 saturated heterocycles. The summed E-state index contributed by atoms with van der Waals surface area (Å²) in [5.74, 6) is 0.190. The van der Waals surface area contributed by atoms with Crippen LogP contribution in [-0.2, 0) is 24.3 Å². The van der Waals surface area contributed by atoms with Crippen LogP contribution in [0.4, 0.5) is 4.79 Å². The molecule has 256 valence electrons. The predicted octanol–water partition coefficient (Wildman–Crippen LogP) is 6.94. The van der Waals surface area contributed by atoms with Gasteiger partial charge in [0.2, 0.25) is 11.8 Å². The van der Waals surface area contributed by atoms with Crippen molar-refractivity contribution in [1.82, 2.24) is 25.1 Å². The fourth-order valence-electron chi connectivity index (χ4n) is 6.54. The smallest absolute Gasteiger partial charge is 0.407 e. The van der Waals surface area contributed by atoms with Crippen molar-refractivity contribution in [3.05, 3.63) is 86.5 Å². The van der Waals surface area contributed by atoms with E-state index in [1.54, 1.807) is 25.3 Å². The summed E-state index contributed by atoms with van der Waals surface area (Å²) < 4.78 is 5.59. The molecule has 6 rings (SSSR count). The number of halogens is 3. The maximum atomic E-state index is 12.0. The van der Waals surface area contributed by atoms with E-state index >= 15 is 0 Å². The highest BCUT2D eigenvalue weighted by atomic mass is 35.5. The fraction of sp³-hybridized carbons (Fsp3) is 0.333. The number of ether oxygens (including phenoxy) is 1. The molecule has 0 saturated carbocycles. The molecule has 2 aromatic heterocycles. The van der Waals surface area contributed by atoms with Gasteiger partial charge in [-0.2, -0.15) is 0 Å². The molecule has 49 heavy (non-hydrogen) atoms. The standard InChI is InChI=1S/C36H36Cl3N5O5/c1-20(45)16-43-13-11-21-14-23(15-29(37)28(21)19-43)34-33(39)26(10-12-40-34)25-4-3-5-27(32(25)38)30-8-6-22(35(42-30)49-2)17-44(36(47)48)18-24-7-9-31(46)41-24/h3-6,8,10,12,14-15,20,24,45H,7,9,11,13,16-19H2,1-2H3,(H,41,46)(H,47,48). The Kier molecular flexibility index (Phi) is 10.6. The number of aliphatic hydroxyl groups is 1. The zero-order valence-corrected chi connectivity index (χ0v) is 29.3. The average Bonchev–Trinajstić information content (AvgIpc) is 3.49. The molecule has 2 amide bonds. The number of carboxylic acid groups (broad SMARTS) is 1. The number of hydrogen-bond donors (Lipinski definition) is 3. The van der Waals surface area contributed by atoms with Gasteiger partial charge in [-0.3, -0.25) is 14.7 Å². The summed E-state index contributed by atoms with van der Waals surface area (Å²) in [7, 11) is 1.48. The van der Waals surface area contributed by atoms with E-state index in [0.29, 0.717) is 74.6 Å². The summed E-state index contributed by atoms with van der Waals surface area (Å²) >= 11 is 20.9. The molecule has 4 aromatic rings. The highest BCUT2D eigenvalue weighted by molar-refractivity contribution is 6.39. The molecule has 2 aromatic carbocycles. The van der Waals surface area contributed by atoms with Gasteiger partial charge in [-0.25, -0.2) is 9.78 Å². The molecule has 2 unspecified atom stereocenters. The van der Waals surface area contributed by atoms with Gasteiger partial charge in [-0.1, -0.05) is 53.0 Å².